The molecule has 0 atom stereocenters. The third kappa shape index (κ3) is 5.72. The van der Waals surface area contributed by atoms with Crippen molar-refractivity contribution in [2.45, 2.75) is 19.8 Å². The first-order valence-corrected chi connectivity index (χ1v) is 13.1. The largest absolute Gasteiger partial charge is 0.494 e. The van der Waals surface area contributed by atoms with Gasteiger partial charge in [0.1, 0.15) is 28.3 Å². The summed E-state index contributed by atoms with van der Waals surface area (Å²) in [6.45, 7) is 4.28. The Morgan fingerprint density at radius 1 is 1.36 bits per heavy atom. The lowest BCUT2D eigenvalue weighted by molar-refractivity contribution is -0.133. The third-order valence-electron chi connectivity index (χ3n) is 5.66. The van der Waals surface area contributed by atoms with Crippen LogP contribution >= 0.6 is 11.8 Å². The van der Waals surface area contributed by atoms with Crippen LogP contribution in [0.2, 0.25) is 0 Å². The summed E-state index contributed by atoms with van der Waals surface area (Å²) in [7, 11) is 1.58. The van der Waals surface area contributed by atoms with Crippen molar-refractivity contribution in [2.24, 2.45) is 0 Å². The summed E-state index contributed by atoms with van der Waals surface area (Å²) in [4.78, 5) is 21.5. The number of methoxy groups -OCH3 is 1. The molecule has 2 aromatic heterocycles. The van der Waals surface area contributed by atoms with Crippen LogP contribution in [-0.2, 0) is 16.0 Å². The van der Waals surface area contributed by atoms with Crippen molar-refractivity contribution < 1.29 is 19.4 Å². The number of nitrogens with one attached hydrogen (secondary N) is 2. The van der Waals surface area contributed by atoms with Gasteiger partial charge in [-0.3, -0.25) is 10.1 Å². The number of thioether (sulfide) groups is 1. The number of H-pyrrole nitrogens is 1. The lowest BCUT2D eigenvalue weighted by atomic mass is 10.2. The van der Waals surface area contributed by atoms with Crippen LogP contribution in [-0.4, -0.2) is 81.7 Å². The van der Waals surface area contributed by atoms with Crippen LogP contribution in [0.1, 0.15) is 19.2 Å². The maximum atomic E-state index is 12.3. The Morgan fingerprint density at radius 3 is 2.86 bits per heavy atom. The first-order chi connectivity index (χ1) is 17.5. The number of aromatic amines is 1. The second-order valence-corrected chi connectivity index (χ2v) is 9.02. The average molecular weight is 514 g/mol. The molecule has 1 saturated heterocycles. The predicted octanol–water partition coefficient (Wildman–Crippen LogP) is 3.44. The van der Waals surface area contributed by atoms with E-state index in [1.807, 2.05) is 29.5 Å². The number of fused-ring (bicyclic) bond motifs is 1. The molecule has 0 amide bonds. The van der Waals surface area contributed by atoms with Crippen molar-refractivity contribution in [1.29, 1.82) is 0 Å². The molecule has 1 fully saturated rings. The van der Waals surface area contributed by atoms with Crippen LogP contribution < -0.4 is 15.1 Å². The molecule has 0 bridgehead atoms. The molecule has 3 aromatic rings. The van der Waals surface area contributed by atoms with Crippen molar-refractivity contribution in [1.82, 2.24) is 25.2 Å². The number of morpholine rings is 1. The van der Waals surface area contributed by atoms with Gasteiger partial charge in [0.15, 0.2) is 5.82 Å². The van der Waals surface area contributed by atoms with E-state index >= 15 is 0 Å². The van der Waals surface area contributed by atoms with E-state index in [4.69, 9.17) is 9.47 Å². The van der Waals surface area contributed by atoms with E-state index < -0.39 is 5.97 Å². The fourth-order valence-corrected chi connectivity index (χ4v) is 4.32. The number of aliphatic carboxylic acids is 1. The molecule has 1 aromatic carbocycles. The molecule has 0 radical (unpaired) electrons. The fourth-order valence-electron chi connectivity index (χ4n) is 3.99. The lowest BCUT2D eigenvalue weighted by Crippen LogP contribution is -2.50. The number of aromatic nitrogens is 4. The monoisotopic (exact) mass is 513 g/mol. The number of benzene rings is 1. The number of nitrogens with zero attached hydrogens (tertiary/aromatic N) is 5. The van der Waals surface area contributed by atoms with Crippen LogP contribution in [0.25, 0.3) is 11.0 Å². The molecular formula is C24H31N7O4S. The first kappa shape index (κ1) is 25.7. The number of carboxylic acids is 1. The van der Waals surface area contributed by atoms with Crippen LogP contribution in [0.5, 0.6) is 5.75 Å². The van der Waals surface area contributed by atoms with Gasteiger partial charge in [-0.15, -0.1) is 0 Å². The molecule has 4 rings (SSSR count). The molecule has 36 heavy (non-hydrogen) atoms. The average Bonchev–Trinajstić information content (AvgIpc) is 3.36. The number of anilines is 3. The molecule has 3 N–H and O–H groups in total. The number of aryl methyl sites for hydroxylation is 1. The first-order valence-electron chi connectivity index (χ1n) is 11.8. The van der Waals surface area contributed by atoms with E-state index in [1.165, 1.54) is 0 Å². The number of hydrazine groups is 1. The Labute approximate surface area is 213 Å². The smallest absolute Gasteiger partial charge is 0.353 e. The van der Waals surface area contributed by atoms with E-state index in [0.29, 0.717) is 60.5 Å². The molecular weight excluding hydrogens is 482 g/mol. The minimum atomic E-state index is -0.997. The molecule has 192 valence electrons. The van der Waals surface area contributed by atoms with Crippen molar-refractivity contribution in [2.75, 3.05) is 55.7 Å². The Morgan fingerprint density at radius 2 is 2.17 bits per heavy atom. The normalized spacial score (nSPS) is 14.7. The number of hydrogen-bond acceptors (Lipinski definition) is 10. The molecule has 0 saturated carbocycles. The van der Waals surface area contributed by atoms with Gasteiger partial charge < -0.3 is 19.9 Å². The number of carboxylic acid groups (broad SMARTS) is 1. The van der Waals surface area contributed by atoms with E-state index in [2.05, 4.69) is 32.4 Å². The summed E-state index contributed by atoms with van der Waals surface area (Å²) in [6, 6.07) is 5.56. The summed E-state index contributed by atoms with van der Waals surface area (Å²) < 4.78 is 11.2. The number of ether oxygens (including phenoxy) is 2. The van der Waals surface area contributed by atoms with E-state index in [1.54, 1.807) is 36.2 Å². The van der Waals surface area contributed by atoms with Crippen molar-refractivity contribution in [3.05, 3.63) is 42.0 Å². The van der Waals surface area contributed by atoms with Gasteiger partial charge in [-0.1, -0.05) is 6.92 Å². The van der Waals surface area contributed by atoms with Gasteiger partial charge in [-0.2, -0.15) is 16.9 Å². The Balaban J connectivity index is 1.72. The second-order valence-electron chi connectivity index (χ2n) is 8.11. The summed E-state index contributed by atoms with van der Waals surface area (Å²) >= 11 is 1.56. The highest BCUT2D eigenvalue weighted by Gasteiger charge is 2.27. The van der Waals surface area contributed by atoms with Crippen LogP contribution in [0.3, 0.4) is 0 Å². The topological polar surface area (TPSA) is 129 Å². The molecule has 0 aliphatic carbocycles. The summed E-state index contributed by atoms with van der Waals surface area (Å²) in [5, 5.41) is 24.2. The second kappa shape index (κ2) is 12.1. The van der Waals surface area contributed by atoms with Crippen LogP contribution in [0.4, 0.5) is 17.2 Å². The van der Waals surface area contributed by atoms with Gasteiger partial charge in [0.2, 0.25) is 0 Å². The molecule has 0 unspecified atom stereocenters. The van der Waals surface area contributed by atoms with E-state index in [9.17, 15) is 9.90 Å². The van der Waals surface area contributed by atoms with Crippen LogP contribution in [0, 0.1) is 0 Å². The fraction of sp³-hybridized carbons (Fsp3) is 0.417. The number of carbonyl (C=O) groups is 1. The van der Waals surface area contributed by atoms with Crippen molar-refractivity contribution in [3.63, 3.8) is 0 Å². The van der Waals surface area contributed by atoms with E-state index in [-0.39, 0.29) is 5.70 Å². The highest BCUT2D eigenvalue weighted by molar-refractivity contribution is 7.98. The molecule has 0 spiro atoms. The highest BCUT2D eigenvalue weighted by atomic mass is 32.2. The molecule has 1 aliphatic heterocycles. The summed E-state index contributed by atoms with van der Waals surface area (Å²) in [6.07, 6.45) is 7.02. The minimum Gasteiger partial charge on any atom is -0.494 e. The third-order valence-corrected chi connectivity index (χ3v) is 6.16. The maximum absolute atomic E-state index is 12.3. The quantitative estimate of drug-likeness (QED) is 0.326. The summed E-state index contributed by atoms with van der Waals surface area (Å²) in [5.41, 5.74) is 2.98. The lowest BCUT2D eigenvalue weighted by Gasteiger charge is -2.39. The van der Waals surface area contributed by atoms with Gasteiger partial charge in [0.05, 0.1) is 37.9 Å². The number of hydrogen-bond donors (Lipinski definition) is 3. The van der Waals surface area contributed by atoms with Gasteiger partial charge >= 0.3 is 5.97 Å². The standard InChI is InChI=1S/C24H31N7O4S/c1-4-5-21-26-18-15-25-29-22(18)23(28-21)27-17-7-6-16(14-20(17)34-2)31(30-9-11-35-12-10-30)19(24(32)33)8-13-36-3/h6-8,14-15H,4-5,9-13H2,1-3H3,(H,25,29)(H,32,33)(H,26,27,28). The van der Waals surface area contributed by atoms with Crippen molar-refractivity contribution >= 4 is 46.0 Å². The molecule has 3 heterocycles. The predicted molar refractivity (Wildman–Crippen MR) is 141 cm³/mol. The Bertz CT molecular complexity index is 1230. The van der Waals surface area contributed by atoms with Gasteiger partial charge in [0.25, 0.3) is 0 Å². The SMILES string of the molecule is CCCc1nc(Nc2ccc(N(C(=CCSC)C(=O)O)N3CCOCC3)cc2OC)c2[nH]ncc2n1. The zero-order valence-electron chi connectivity index (χ0n) is 20.7. The number of rotatable bonds is 11. The molecule has 12 heteroatoms. The van der Waals surface area contributed by atoms with Crippen LogP contribution in [0.15, 0.2) is 36.2 Å². The van der Waals surface area contributed by atoms with Gasteiger partial charge in [0, 0.05) is 31.3 Å². The van der Waals surface area contributed by atoms with E-state index in [0.717, 1.165) is 24.2 Å². The Hall–Kier alpha value is -3.35. The zero-order valence-corrected chi connectivity index (χ0v) is 21.5. The van der Waals surface area contributed by atoms with Gasteiger partial charge in [-0.05, 0) is 30.9 Å². The molecule has 1 aliphatic rings. The van der Waals surface area contributed by atoms with Gasteiger partial charge in [-0.25, -0.2) is 19.8 Å². The maximum Gasteiger partial charge on any atom is 0.353 e. The van der Waals surface area contributed by atoms with Crippen molar-refractivity contribution in [3.8, 4) is 5.75 Å². The highest BCUT2D eigenvalue weighted by Crippen LogP contribution is 2.35. The Kier molecular flexibility index (Phi) is 8.62. The minimum absolute atomic E-state index is 0.188. The molecule has 11 nitrogen and oxygen atoms in total. The zero-order chi connectivity index (χ0) is 25.5. The summed E-state index contributed by atoms with van der Waals surface area (Å²) in [5.74, 6) is 1.45.